The standard InChI is InChI=1S/C28H18Cl3N3O4/c29-19-11-9-17(10-12-19)28(37)38-25-8-4-1-5-18(25)16-32-34-27(36)22-6-2-3-7-24(22)33-26(35)21-14-13-20(30)15-23(21)31/h1-16H,(H,33,35)(H,34,36)/b32-16-. The first-order chi connectivity index (χ1) is 18.3. The van der Waals surface area contributed by atoms with Gasteiger partial charge in [-0.25, -0.2) is 10.2 Å². The van der Waals surface area contributed by atoms with Crippen LogP contribution in [0, 0.1) is 0 Å². The molecule has 0 heterocycles. The maximum absolute atomic E-state index is 12.8. The fraction of sp³-hybridized carbons (Fsp3) is 0. The van der Waals surface area contributed by atoms with E-state index in [1.807, 2.05) is 0 Å². The van der Waals surface area contributed by atoms with Crippen molar-refractivity contribution in [1.29, 1.82) is 0 Å². The number of rotatable bonds is 7. The number of nitrogens with one attached hydrogen (secondary N) is 2. The van der Waals surface area contributed by atoms with E-state index in [1.54, 1.807) is 72.8 Å². The first-order valence-corrected chi connectivity index (χ1v) is 12.2. The van der Waals surface area contributed by atoms with Crippen molar-refractivity contribution in [3.8, 4) is 5.75 Å². The van der Waals surface area contributed by atoms with Crippen LogP contribution < -0.4 is 15.5 Å². The third-order valence-corrected chi connectivity index (χ3v) is 5.97. The van der Waals surface area contributed by atoms with Crippen molar-refractivity contribution in [3.63, 3.8) is 0 Å². The van der Waals surface area contributed by atoms with E-state index in [-0.39, 0.29) is 27.6 Å². The molecular weight excluding hydrogens is 549 g/mol. The molecule has 2 N–H and O–H groups in total. The number of ether oxygens (including phenoxy) is 1. The molecule has 0 radical (unpaired) electrons. The maximum atomic E-state index is 12.8. The summed E-state index contributed by atoms with van der Waals surface area (Å²) in [6.07, 6.45) is 1.34. The highest BCUT2D eigenvalue weighted by Crippen LogP contribution is 2.23. The van der Waals surface area contributed by atoms with Crippen LogP contribution in [0.1, 0.15) is 36.6 Å². The summed E-state index contributed by atoms with van der Waals surface area (Å²) < 4.78 is 5.48. The van der Waals surface area contributed by atoms with Crippen LogP contribution in [-0.2, 0) is 0 Å². The lowest BCUT2D eigenvalue weighted by molar-refractivity contribution is 0.0734. The molecule has 0 aliphatic rings. The number of carbonyl (C=O) groups excluding carboxylic acids is 3. The van der Waals surface area contributed by atoms with Crippen molar-refractivity contribution in [3.05, 3.63) is 128 Å². The molecule has 0 aliphatic carbocycles. The normalized spacial score (nSPS) is 10.7. The van der Waals surface area contributed by atoms with Crippen molar-refractivity contribution in [2.75, 3.05) is 5.32 Å². The summed E-state index contributed by atoms with van der Waals surface area (Å²) >= 11 is 17.9. The molecule has 10 heteroatoms. The highest BCUT2D eigenvalue weighted by molar-refractivity contribution is 6.37. The average molecular weight is 567 g/mol. The van der Waals surface area contributed by atoms with Gasteiger partial charge in [-0.2, -0.15) is 5.10 Å². The predicted molar refractivity (Wildman–Crippen MR) is 149 cm³/mol. The number of hydrogen-bond acceptors (Lipinski definition) is 5. The zero-order valence-corrected chi connectivity index (χ0v) is 21.7. The van der Waals surface area contributed by atoms with Gasteiger partial charge in [-0.15, -0.1) is 0 Å². The van der Waals surface area contributed by atoms with Crippen LogP contribution in [0.25, 0.3) is 0 Å². The first kappa shape index (κ1) is 26.9. The molecule has 0 atom stereocenters. The van der Waals surface area contributed by atoms with Gasteiger partial charge in [-0.1, -0.05) is 59.1 Å². The molecule has 38 heavy (non-hydrogen) atoms. The van der Waals surface area contributed by atoms with Crippen LogP contribution in [0.15, 0.2) is 96.1 Å². The van der Waals surface area contributed by atoms with Crippen molar-refractivity contribution >= 4 is 64.5 Å². The van der Waals surface area contributed by atoms with Gasteiger partial charge in [0.25, 0.3) is 11.8 Å². The topological polar surface area (TPSA) is 96.9 Å². The Hall–Kier alpha value is -4.17. The minimum absolute atomic E-state index is 0.172. The summed E-state index contributed by atoms with van der Waals surface area (Å²) in [6, 6.07) is 23.9. The second-order valence-electron chi connectivity index (χ2n) is 7.76. The number of hydrazone groups is 1. The molecule has 2 amide bonds. The Labute approximate surface area is 233 Å². The van der Waals surface area contributed by atoms with Gasteiger partial charge in [0.15, 0.2) is 0 Å². The zero-order valence-electron chi connectivity index (χ0n) is 19.5. The van der Waals surface area contributed by atoms with E-state index >= 15 is 0 Å². The third kappa shape index (κ3) is 6.77. The highest BCUT2D eigenvalue weighted by Gasteiger charge is 2.16. The Morgan fingerprint density at radius 1 is 0.737 bits per heavy atom. The van der Waals surface area contributed by atoms with Gasteiger partial charge >= 0.3 is 5.97 Å². The van der Waals surface area contributed by atoms with Gasteiger partial charge in [-0.3, -0.25) is 9.59 Å². The summed E-state index contributed by atoms with van der Waals surface area (Å²) in [7, 11) is 0. The molecule has 4 aromatic rings. The number of halogens is 3. The van der Waals surface area contributed by atoms with Crippen molar-refractivity contribution in [2.45, 2.75) is 0 Å². The fourth-order valence-corrected chi connectivity index (χ4v) is 3.92. The predicted octanol–water partition coefficient (Wildman–Crippen LogP) is 6.88. The Kier molecular flexibility index (Phi) is 8.76. The van der Waals surface area contributed by atoms with Gasteiger partial charge in [0.05, 0.1) is 33.6 Å². The number of nitrogens with zero attached hydrogens (tertiary/aromatic N) is 1. The van der Waals surface area contributed by atoms with Crippen molar-refractivity contribution in [1.82, 2.24) is 5.43 Å². The second-order valence-corrected chi connectivity index (χ2v) is 9.04. The van der Waals surface area contributed by atoms with Crippen LogP contribution in [-0.4, -0.2) is 24.0 Å². The highest BCUT2D eigenvalue weighted by atomic mass is 35.5. The van der Waals surface area contributed by atoms with E-state index in [0.29, 0.717) is 21.2 Å². The summed E-state index contributed by atoms with van der Waals surface area (Å²) in [5.74, 6) is -1.41. The lowest BCUT2D eigenvalue weighted by atomic mass is 10.1. The molecule has 4 aromatic carbocycles. The van der Waals surface area contributed by atoms with E-state index in [1.165, 1.54) is 24.4 Å². The molecule has 190 valence electrons. The number of benzene rings is 4. The van der Waals surface area contributed by atoms with Crippen LogP contribution in [0.3, 0.4) is 0 Å². The Bertz CT molecular complexity index is 1540. The minimum Gasteiger partial charge on any atom is -0.422 e. The molecule has 0 fully saturated rings. The molecule has 0 aromatic heterocycles. The number of para-hydroxylation sites is 2. The average Bonchev–Trinajstić information content (AvgIpc) is 2.90. The molecule has 0 unspecified atom stereocenters. The third-order valence-electron chi connectivity index (χ3n) is 5.17. The minimum atomic E-state index is -0.574. The molecule has 0 saturated carbocycles. The summed E-state index contributed by atoms with van der Waals surface area (Å²) in [6.45, 7) is 0. The maximum Gasteiger partial charge on any atom is 0.343 e. The largest absolute Gasteiger partial charge is 0.422 e. The number of esters is 1. The van der Waals surface area contributed by atoms with Crippen molar-refractivity contribution in [2.24, 2.45) is 5.10 Å². The molecule has 7 nitrogen and oxygen atoms in total. The molecule has 0 aliphatic heterocycles. The van der Waals surface area contributed by atoms with E-state index in [4.69, 9.17) is 39.5 Å². The quantitative estimate of drug-likeness (QED) is 0.110. The molecule has 4 rings (SSSR count). The monoisotopic (exact) mass is 565 g/mol. The van der Waals surface area contributed by atoms with Crippen LogP contribution in [0.5, 0.6) is 5.75 Å². The van der Waals surface area contributed by atoms with Gasteiger partial charge in [0.2, 0.25) is 0 Å². The lowest BCUT2D eigenvalue weighted by Gasteiger charge is -2.11. The van der Waals surface area contributed by atoms with E-state index in [0.717, 1.165) is 0 Å². The number of carbonyl (C=O) groups is 3. The Morgan fingerprint density at radius 2 is 1.42 bits per heavy atom. The lowest BCUT2D eigenvalue weighted by Crippen LogP contribution is -2.21. The number of anilines is 1. The first-order valence-electron chi connectivity index (χ1n) is 11.1. The number of hydrogen-bond donors (Lipinski definition) is 2. The Morgan fingerprint density at radius 3 is 2.18 bits per heavy atom. The SMILES string of the molecule is O=C(Oc1ccccc1/C=N\NC(=O)c1ccccc1NC(=O)c1ccc(Cl)cc1Cl)c1ccc(Cl)cc1. The van der Waals surface area contributed by atoms with Crippen LogP contribution in [0.4, 0.5) is 5.69 Å². The summed E-state index contributed by atoms with van der Waals surface area (Å²) in [4.78, 5) is 38.0. The van der Waals surface area contributed by atoms with Crippen LogP contribution >= 0.6 is 34.8 Å². The zero-order chi connectivity index (χ0) is 27.1. The fourth-order valence-electron chi connectivity index (χ4n) is 3.30. The van der Waals surface area contributed by atoms with E-state index < -0.39 is 17.8 Å². The molecule has 0 bridgehead atoms. The van der Waals surface area contributed by atoms with Crippen molar-refractivity contribution < 1.29 is 19.1 Å². The van der Waals surface area contributed by atoms with E-state index in [2.05, 4.69) is 15.8 Å². The summed E-state index contributed by atoms with van der Waals surface area (Å²) in [5.41, 5.74) is 3.83. The molecule has 0 saturated heterocycles. The van der Waals surface area contributed by atoms with E-state index in [9.17, 15) is 14.4 Å². The Balaban J connectivity index is 1.45. The van der Waals surface area contributed by atoms with Gasteiger partial charge in [0.1, 0.15) is 5.75 Å². The second kappa shape index (κ2) is 12.4. The van der Waals surface area contributed by atoms with Crippen LogP contribution in [0.2, 0.25) is 15.1 Å². The van der Waals surface area contributed by atoms with Gasteiger partial charge in [0, 0.05) is 15.6 Å². The smallest absolute Gasteiger partial charge is 0.343 e. The number of amides is 2. The summed E-state index contributed by atoms with van der Waals surface area (Å²) in [5, 5.41) is 7.74. The van der Waals surface area contributed by atoms with Gasteiger partial charge in [-0.05, 0) is 66.7 Å². The van der Waals surface area contributed by atoms with Gasteiger partial charge < -0.3 is 10.1 Å². The molecule has 0 spiro atoms. The molecular formula is C28H18Cl3N3O4.